The van der Waals surface area contributed by atoms with Gasteiger partial charge in [0.2, 0.25) is 0 Å². The summed E-state index contributed by atoms with van der Waals surface area (Å²) in [6.07, 6.45) is 1.98. The number of ketones is 1. The average molecular weight is 322 g/mol. The molecule has 0 aliphatic carbocycles. The van der Waals surface area contributed by atoms with Crippen LogP contribution in [0.2, 0.25) is 0 Å². The molecule has 0 bridgehead atoms. The lowest BCUT2D eigenvalue weighted by molar-refractivity contribution is 0.104. The van der Waals surface area contributed by atoms with Crippen LogP contribution in [0.5, 0.6) is 0 Å². The predicted molar refractivity (Wildman–Crippen MR) is 100 cm³/mol. The van der Waals surface area contributed by atoms with Crippen LogP contribution in [0.25, 0.3) is 27.5 Å². The molecule has 0 radical (unpaired) electrons. The first-order chi connectivity index (χ1) is 12.3. The normalized spacial score (nSPS) is 11.4. The lowest BCUT2D eigenvalue weighted by atomic mass is 9.96. The number of carbonyl (C=O) groups excluding carboxylic acids is 1. The highest BCUT2D eigenvalue weighted by molar-refractivity contribution is 6.21. The highest BCUT2D eigenvalue weighted by Gasteiger charge is 2.17. The zero-order chi connectivity index (χ0) is 16.8. The fourth-order valence-electron chi connectivity index (χ4n) is 3.42. The maximum absolute atomic E-state index is 13.1. The molecule has 0 aliphatic rings. The molecule has 0 fully saturated rings. The number of benzene rings is 3. The summed E-state index contributed by atoms with van der Waals surface area (Å²) in [5.74, 6) is 0.0320. The molecule has 0 amide bonds. The zero-order valence-corrected chi connectivity index (χ0v) is 13.4. The molecule has 118 valence electrons. The van der Waals surface area contributed by atoms with Gasteiger partial charge in [-0.25, -0.2) is 4.98 Å². The van der Waals surface area contributed by atoms with E-state index in [0.29, 0.717) is 11.1 Å². The molecule has 3 nitrogen and oxygen atoms in total. The van der Waals surface area contributed by atoms with Gasteiger partial charge in [-0.1, -0.05) is 60.7 Å². The van der Waals surface area contributed by atoms with Crippen LogP contribution in [0.3, 0.4) is 0 Å². The second-order valence-electron chi connectivity index (χ2n) is 6.07. The van der Waals surface area contributed by atoms with Crippen molar-refractivity contribution in [3.63, 3.8) is 0 Å². The Kier molecular flexibility index (Phi) is 2.94. The molecular formula is C22H14N2O. The van der Waals surface area contributed by atoms with Crippen molar-refractivity contribution in [3.05, 3.63) is 96.2 Å². The first-order valence-electron chi connectivity index (χ1n) is 8.21. The molecule has 0 atom stereocenters. The monoisotopic (exact) mass is 322 g/mol. The van der Waals surface area contributed by atoms with Gasteiger partial charge in [-0.15, -0.1) is 0 Å². The van der Waals surface area contributed by atoms with Crippen molar-refractivity contribution in [1.82, 2.24) is 9.38 Å². The van der Waals surface area contributed by atoms with Crippen LogP contribution in [0, 0.1) is 0 Å². The van der Waals surface area contributed by atoms with Crippen molar-refractivity contribution in [1.29, 1.82) is 0 Å². The van der Waals surface area contributed by atoms with Gasteiger partial charge >= 0.3 is 0 Å². The number of hydrogen-bond donors (Lipinski definition) is 0. The van der Waals surface area contributed by atoms with Crippen molar-refractivity contribution in [2.24, 2.45) is 0 Å². The summed E-state index contributed by atoms with van der Waals surface area (Å²) in [7, 11) is 0. The number of nitrogens with zero attached hydrogens (tertiary/aromatic N) is 2. The molecule has 0 spiro atoms. The molecule has 3 aromatic carbocycles. The van der Waals surface area contributed by atoms with E-state index in [1.54, 1.807) is 0 Å². The van der Waals surface area contributed by atoms with E-state index < -0.39 is 0 Å². The minimum absolute atomic E-state index is 0.0320. The maximum atomic E-state index is 13.1. The van der Waals surface area contributed by atoms with Crippen molar-refractivity contribution in [2.75, 3.05) is 0 Å². The van der Waals surface area contributed by atoms with Crippen molar-refractivity contribution >= 4 is 33.2 Å². The van der Waals surface area contributed by atoms with E-state index >= 15 is 0 Å². The molecule has 5 rings (SSSR count). The fourth-order valence-corrected chi connectivity index (χ4v) is 3.42. The quantitative estimate of drug-likeness (QED) is 0.434. The summed E-state index contributed by atoms with van der Waals surface area (Å²) >= 11 is 0. The minimum atomic E-state index is 0.0320. The molecule has 0 unspecified atom stereocenters. The zero-order valence-electron chi connectivity index (χ0n) is 13.4. The number of fused-ring (bicyclic) bond motifs is 5. The molecule has 0 N–H and O–H groups in total. The lowest BCUT2D eigenvalue weighted by Crippen LogP contribution is -2.02. The Labute approximate surface area is 144 Å². The van der Waals surface area contributed by atoms with Gasteiger partial charge in [-0.05, 0) is 23.6 Å². The van der Waals surface area contributed by atoms with E-state index in [4.69, 9.17) is 4.98 Å². The van der Waals surface area contributed by atoms with Gasteiger partial charge in [0, 0.05) is 22.7 Å². The summed E-state index contributed by atoms with van der Waals surface area (Å²) in [6, 6.07) is 25.3. The van der Waals surface area contributed by atoms with Gasteiger partial charge in [0.1, 0.15) is 5.65 Å². The van der Waals surface area contributed by atoms with Gasteiger partial charge in [-0.3, -0.25) is 9.20 Å². The van der Waals surface area contributed by atoms with Gasteiger partial charge in [0.25, 0.3) is 0 Å². The van der Waals surface area contributed by atoms with E-state index in [9.17, 15) is 4.79 Å². The summed E-state index contributed by atoms with van der Waals surface area (Å²) in [4.78, 5) is 17.9. The smallest absolute Gasteiger partial charge is 0.193 e. The number of imidazole rings is 1. The molecule has 0 saturated carbocycles. The van der Waals surface area contributed by atoms with Crippen molar-refractivity contribution < 1.29 is 4.79 Å². The Hall–Kier alpha value is -3.46. The number of rotatable bonds is 2. The van der Waals surface area contributed by atoms with Crippen LogP contribution in [-0.4, -0.2) is 15.2 Å². The number of aromatic nitrogens is 2. The molecule has 2 aromatic heterocycles. The standard InChI is InChI=1S/C22H14N2O/c25-22(15-8-2-1-3-9-15)18-14-19-21(17-11-5-4-10-16(17)18)23-20-12-6-7-13-24(19)20/h1-14H. The van der Waals surface area contributed by atoms with Crippen LogP contribution in [0.15, 0.2) is 85.1 Å². The topological polar surface area (TPSA) is 34.4 Å². The number of carbonyl (C=O) groups is 1. The van der Waals surface area contributed by atoms with Gasteiger partial charge < -0.3 is 0 Å². The van der Waals surface area contributed by atoms with Crippen LogP contribution in [-0.2, 0) is 0 Å². The van der Waals surface area contributed by atoms with Gasteiger partial charge in [0.15, 0.2) is 5.78 Å². The third kappa shape index (κ3) is 2.06. The Bertz CT molecular complexity index is 1250. The summed E-state index contributed by atoms with van der Waals surface area (Å²) in [5.41, 5.74) is 4.16. The average Bonchev–Trinajstić information content (AvgIpc) is 3.06. The van der Waals surface area contributed by atoms with E-state index in [1.165, 1.54) is 0 Å². The second kappa shape index (κ2) is 5.28. The third-order valence-electron chi connectivity index (χ3n) is 4.60. The third-order valence-corrected chi connectivity index (χ3v) is 4.60. The maximum Gasteiger partial charge on any atom is 0.193 e. The van der Waals surface area contributed by atoms with Crippen molar-refractivity contribution in [3.8, 4) is 0 Å². The van der Waals surface area contributed by atoms with Gasteiger partial charge in [0.05, 0.1) is 11.0 Å². The van der Waals surface area contributed by atoms with Crippen LogP contribution in [0.4, 0.5) is 0 Å². The van der Waals surface area contributed by atoms with Crippen LogP contribution in [0.1, 0.15) is 15.9 Å². The van der Waals surface area contributed by atoms with E-state index in [2.05, 4.69) is 0 Å². The van der Waals surface area contributed by atoms with Crippen molar-refractivity contribution in [2.45, 2.75) is 0 Å². The molecule has 0 saturated heterocycles. The van der Waals surface area contributed by atoms with Crippen LogP contribution < -0.4 is 0 Å². The first-order valence-corrected chi connectivity index (χ1v) is 8.21. The molecule has 25 heavy (non-hydrogen) atoms. The largest absolute Gasteiger partial charge is 0.300 e. The second-order valence-corrected chi connectivity index (χ2v) is 6.07. The highest BCUT2D eigenvalue weighted by Crippen LogP contribution is 2.30. The molecule has 2 heterocycles. The molecule has 0 aliphatic heterocycles. The van der Waals surface area contributed by atoms with Gasteiger partial charge in [-0.2, -0.15) is 0 Å². The van der Waals surface area contributed by atoms with E-state index in [-0.39, 0.29) is 5.78 Å². The summed E-state index contributed by atoms with van der Waals surface area (Å²) in [6.45, 7) is 0. The lowest BCUT2D eigenvalue weighted by Gasteiger charge is -2.07. The number of hydrogen-bond acceptors (Lipinski definition) is 2. The summed E-state index contributed by atoms with van der Waals surface area (Å²) < 4.78 is 2.03. The Morgan fingerprint density at radius 2 is 1.52 bits per heavy atom. The minimum Gasteiger partial charge on any atom is -0.300 e. The summed E-state index contributed by atoms with van der Waals surface area (Å²) in [5, 5.41) is 1.94. The Morgan fingerprint density at radius 1 is 0.800 bits per heavy atom. The first kappa shape index (κ1) is 13.9. The van der Waals surface area contributed by atoms with Crippen LogP contribution >= 0.6 is 0 Å². The van der Waals surface area contributed by atoms with E-state index in [1.807, 2.05) is 89.5 Å². The Balaban J connectivity index is 1.91. The highest BCUT2D eigenvalue weighted by atomic mass is 16.1. The Morgan fingerprint density at radius 3 is 2.36 bits per heavy atom. The SMILES string of the molecule is O=C(c1ccccc1)c1cc2c(nc3ccccn32)c2ccccc12. The molecule has 3 heteroatoms. The fraction of sp³-hybridized carbons (Fsp3) is 0. The number of pyridine rings is 1. The molecular weight excluding hydrogens is 308 g/mol. The molecule has 5 aromatic rings. The van der Waals surface area contributed by atoms with E-state index in [0.717, 1.165) is 27.5 Å². The predicted octanol–water partition coefficient (Wildman–Crippen LogP) is 4.87.